The van der Waals surface area contributed by atoms with Gasteiger partial charge in [-0.1, -0.05) is 30.5 Å². The van der Waals surface area contributed by atoms with E-state index in [0.717, 1.165) is 18.9 Å². The molecule has 0 unspecified atom stereocenters. The Morgan fingerprint density at radius 3 is 2.57 bits per heavy atom. The highest BCUT2D eigenvalue weighted by Gasteiger charge is 2.12. The van der Waals surface area contributed by atoms with Crippen LogP contribution >= 0.6 is 11.6 Å². The monoisotopic (exact) mass is 303 g/mol. The van der Waals surface area contributed by atoms with E-state index < -0.39 is 0 Å². The second kappa shape index (κ2) is 6.76. The zero-order valence-electron chi connectivity index (χ0n) is 11.8. The van der Waals surface area contributed by atoms with E-state index >= 15 is 0 Å². The maximum absolute atomic E-state index is 5.96. The van der Waals surface area contributed by atoms with Crippen LogP contribution in [0.2, 0.25) is 5.02 Å². The summed E-state index contributed by atoms with van der Waals surface area (Å²) in [4.78, 5) is 10.9. The van der Waals surface area contributed by atoms with Crippen molar-refractivity contribution in [3.8, 4) is 11.6 Å². The minimum absolute atomic E-state index is 0.548. The molecule has 0 spiro atoms. The smallest absolute Gasteiger partial charge is 0.224 e. The predicted molar refractivity (Wildman–Crippen MR) is 84.2 cm³/mol. The molecule has 2 aromatic rings. The maximum Gasteiger partial charge on any atom is 0.224 e. The molecule has 4 nitrogen and oxygen atoms in total. The molecule has 0 amide bonds. The Balaban J connectivity index is 1.76. The first-order valence-electron chi connectivity index (χ1n) is 7.32. The van der Waals surface area contributed by atoms with Crippen molar-refractivity contribution in [2.45, 2.75) is 25.7 Å². The van der Waals surface area contributed by atoms with Crippen molar-refractivity contribution >= 4 is 17.4 Å². The maximum atomic E-state index is 5.96. The standard InChI is InChI=1S/C16H18ClN3O/c17-13-6-5-7-14(10-13)21-16-11-15(18-12-19-16)20-8-3-1-2-4-9-20/h5-7,10-12H,1-4,8-9H2. The quantitative estimate of drug-likeness (QED) is 0.847. The Kier molecular flexibility index (Phi) is 4.55. The van der Waals surface area contributed by atoms with Crippen LogP contribution in [0.1, 0.15) is 25.7 Å². The van der Waals surface area contributed by atoms with Crippen molar-refractivity contribution in [1.82, 2.24) is 9.97 Å². The Morgan fingerprint density at radius 2 is 1.81 bits per heavy atom. The zero-order valence-corrected chi connectivity index (χ0v) is 12.6. The van der Waals surface area contributed by atoms with Gasteiger partial charge in [-0.15, -0.1) is 0 Å². The van der Waals surface area contributed by atoms with E-state index in [2.05, 4.69) is 14.9 Å². The lowest BCUT2D eigenvalue weighted by Crippen LogP contribution is -2.24. The number of benzene rings is 1. The highest BCUT2D eigenvalue weighted by molar-refractivity contribution is 6.30. The molecule has 1 saturated heterocycles. The number of nitrogens with zero attached hydrogens (tertiary/aromatic N) is 3. The van der Waals surface area contributed by atoms with Gasteiger partial charge in [0, 0.05) is 24.2 Å². The third kappa shape index (κ3) is 3.85. The van der Waals surface area contributed by atoms with Crippen molar-refractivity contribution in [2.75, 3.05) is 18.0 Å². The molecule has 110 valence electrons. The molecule has 0 radical (unpaired) electrons. The number of aromatic nitrogens is 2. The van der Waals surface area contributed by atoms with Crippen molar-refractivity contribution in [1.29, 1.82) is 0 Å². The largest absolute Gasteiger partial charge is 0.439 e. The summed E-state index contributed by atoms with van der Waals surface area (Å²) in [6.07, 6.45) is 6.59. The zero-order chi connectivity index (χ0) is 14.5. The average Bonchev–Trinajstić information content (AvgIpc) is 2.77. The molecule has 0 atom stereocenters. The van der Waals surface area contributed by atoms with Gasteiger partial charge in [0.1, 0.15) is 17.9 Å². The summed E-state index contributed by atoms with van der Waals surface area (Å²) in [7, 11) is 0. The summed E-state index contributed by atoms with van der Waals surface area (Å²) in [5.41, 5.74) is 0. The fourth-order valence-corrected chi connectivity index (χ4v) is 2.69. The molecule has 0 bridgehead atoms. The Labute approximate surface area is 129 Å². The van der Waals surface area contributed by atoms with Gasteiger partial charge in [-0.3, -0.25) is 0 Å². The SMILES string of the molecule is Clc1cccc(Oc2cc(N3CCCCCC3)ncn2)c1. The van der Waals surface area contributed by atoms with E-state index in [1.165, 1.54) is 25.7 Å². The first-order valence-corrected chi connectivity index (χ1v) is 7.69. The normalized spacial score (nSPS) is 15.6. The number of anilines is 1. The minimum Gasteiger partial charge on any atom is -0.439 e. The number of hydrogen-bond acceptors (Lipinski definition) is 4. The van der Waals surface area contributed by atoms with Gasteiger partial charge in [-0.2, -0.15) is 0 Å². The fraction of sp³-hybridized carbons (Fsp3) is 0.375. The van der Waals surface area contributed by atoms with Crippen LogP contribution < -0.4 is 9.64 Å². The van der Waals surface area contributed by atoms with Crippen molar-refractivity contribution < 1.29 is 4.74 Å². The van der Waals surface area contributed by atoms with Crippen molar-refractivity contribution in [3.05, 3.63) is 41.7 Å². The molecule has 2 heterocycles. The second-order valence-corrected chi connectivity index (χ2v) is 5.61. The number of rotatable bonds is 3. The molecule has 21 heavy (non-hydrogen) atoms. The van der Waals surface area contributed by atoms with Gasteiger partial charge in [-0.05, 0) is 31.0 Å². The van der Waals surface area contributed by atoms with E-state index in [1.807, 2.05) is 24.3 Å². The minimum atomic E-state index is 0.548. The third-order valence-corrected chi connectivity index (χ3v) is 3.81. The van der Waals surface area contributed by atoms with Gasteiger partial charge in [-0.25, -0.2) is 9.97 Å². The lowest BCUT2D eigenvalue weighted by molar-refractivity contribution is 0.461. The number of halogens is 1. The summed E-state index contributed by atoms with van der Waals surface area (Å²) in [5.74, 6) is 2.17. The van der Waals surface area contributed by atoms with Gasteiger partial charge < -0.3 is 9.64 Å². The molecule has 0 aliphatic carbocycles. The summed E-state index contributed by atoms with van der Waals surface area (Å²) < 4.78 is 5.76. The van der Waals surface area contributed by atoms with Crippen LogP contribution in [-0.4, -0.2) is 23.1 Å². The van der Waals surface area contributed by atoms with Crippen LogP contribution in [0.15, 0.2) is 36.7 Å². The van der Waals surface area contributed by atoms with Crippen LogP contribution in [0.25, 0.3) is 0 Å². The van der Waals surface area contributed by atoms with E-state index in [0.29, 0.717) is 16.7 Å². The lowest BCUT2D eigenvalue weighted by atomic mass is 10.2. The van der Waals surface area contributed by atoms with Gasteiger partial charge >= 0.3 is 0 Å². The first-order chi connectivity index (χ1) is 10.3. The highest BCUT2D eigenvalue weighted by atomic mass is 35.5. The van der Waals surface area contributed by atoms with Gasteiger partial charge in [0.05, 0.1) is 0 Å². The molecule has 1 aromatic heterocycles. The first kappa shape index (κ1) is 14.1. The van der Waals surface area contributed by atoms with Crippen LogP contribution in [-0.2, 0) is 0 Å². The van der Waals surface area contributed by atoms with E-state index in [-0.39, 0.29) is 0 Å². The Bertz CT molecular complexity index is 598. The van der Waals surface area contributed by atoms with Crippen LogP contribution in [0.3, 0.4) is 0 Å². The lowest BCUT2D eigenvalue weighted by Gasteiger charge is -2.21. The highest BCUT2D eigenvalue weighted by Crippen LogP contribution is 2.25. The second-order valence-electron chi connectivity index (χ2n) is 5.18. The molecule has 1 aliphatic rings. The number of hydrogen-bond donors (Lipinski definition) is 0. The molecule has 5 heteroatoms. The summed E-state index contributed by atoms with van der Waals surface area (Å²) in [5, 5.41) is 0.647. The molecular formula is C16H18ClN3O. The van der Waals surface area contributed by atoms with Crippen LogP contribution in [0.4, 0.5) is 5.82 Å². The van der Waals surface area contributed by atoms with Crippen molar-refractivity contribution in [3.63, 3.8) is 0 Å². The average molecular weight is 304 g/mol. The molecular weight excluding hydrogens is 286 g/mol. The molecule has 1 aromatic carbocycles. The van der Waals surface area contributed by atoms with Crippen LogP contribution in [0, 0.1) is 0 Å². The fourth-order valence-electron chi connectivity index (χ4n) is 2.51. The predicted octanol–water partition coefficient (Wildman–Crippen LogP) is 4.30. The number of ether oxygens (including phenoxy) is 1. The van der Waals surface area contributed by atoms with E-state index in [4.69, 9.17) is 16.3 Å². The Morgan fingerprint density at radius 1 is 1.00 bits per heavy atom. The van der Waals surface area contributed by atoms with E-state index in [1.54, 1.807) is 12.4 Å². The third-order valence-electron chi connectivity index (χ3n) is 3.58. The molecule has 3 rings (SSSR count). The molecule has 0 N–H and O–H groups in total. The molecule has 1 fully saturated rings. The van der Waals surface area contributed by atoms with E-state index in [9.17, 15) is 0 Å². The van der Waals surface area contributed by atoms with Gasteiger partial charge in [0.2, 0.25) is 5.88 Å². The Hall–Kier alpha value is -1.81. The van der Waals surface area contributed by atoms with Crippen molar-refractivity contribution in [2.24, 2.45) is 0 Å². The molecule has 0 saturated carbocycles. The summed E-state index contributed by atoms with van der Waals surface area (Å²) in [6.45, 7) is 2.10. The summed E-state index contributed by atoms with van der Waals surface area (Å²) in [6, 6.07) is 9.20. The van der Waals surface area contributed by atoms with Crippen LogP contribution in [0.5, 0.6) is 11.6 Å². The van der Waals surface area contributed by atoms with Gasteiger partial charge in [0.25, 0.3) is 0 Å². The van der Waals surface area contributed by atoms with Gasteiger partial charge in [0.15, 0.2) is 0 Å². The topological polar surface area (TPSA) is 38.2 Å². The molecule has 1 aliphatic heterocycles. The summed E-state index contributed by atoms with van der Waals surface area (Å²) >= 11 is 5.96.